The molecule has 23 heavy (non-hydrogen) atoms. The lowest BCUT2D eigenvalue weighted by Crippen LogP contribution is -2.24. The van der Waals surface area contributed by atoms with Gasteiger partial charge in [0.1, 0.15) is 0 Å². The predicted octanol–water partition coefficient (Wildman–Crippen LogP) is 6.40. The second-order valence-electron chi connectivity index (χ2n) is 7.93. The summed E-state index contributed by atoms with van der Waals surface area (Å²) in [7, 11) is 0. The molecule has 0 aliphatic rings. The van der Waals surface area contributed by atoms with Crippen LogP contribution >= 0.6 is 22.6 Å². The van der Waals surface area contributed by atoms with Crippen LogP contribution in [0.5, 0.6) is 0 Å². The van der Waals surface area contributed by atoms with Gasteiger partial charge in [-0.1, -0.05) is 70.7 Å². The molecule has 0 radical (unpaired) electrons. The predicted molar refractivity (Wildman–Crippen MR) is 109 cm³/mol. The van der Waals surface area contributed by atoms with E-state index in [0.717, 1.165) is 17.5 Å². The van der Waals surface area contributed by atoms with Crippen LogP contribution in [0.1, 0.15) is 57.7 Å². The first-order chi connectivity index (χ1) is 10.7. The Morgan fingerprint density at radius 1 is 0.826 bits per heavy atom. The summed E-state index contributed by atoms with van der Waals surface area (Å²) < 4.78 is 1.19. The second kappa shape index (κ2) is 7.09. The van der Waals surface area contributed by atoms with Gasteiger partial charge in [0.2, 0.25) is 0 Å². The quantitative estimate of drug-likeness (QED) is 0.392. The molecule has 1 heteroatoms. The fourth-order valence-electron chi connectivity index (χ4n) is 3.13. The minimum atomic E-state index is 0.180. The highest BCUT2D eigenvalue weighted by Crippen LogP contribution is 2.36. The second-order valence-corrected chi connectivity index (χ2v) is 9.09. The van der Waals surface area contributed by atoms with Gasteiger partial charge in [-0.2, -0.15) is 0 Å². The lowest BCUT2D eigenvalue weighted by Gasteiger charge is -2.33. The third-order valence-corrected chi connectivity index (χ3v) is 4.79. The van der Waals surface area contributed by atoms with Gasteiger partial charge < -0.3 is 0 Å². The maximum atomic E-state index is 3.27. The molecular formula is C22H25I. The van der Waals surface area contributed by atoms with E-state index in [1.54, 1.807) is 0 Å². The molecule has 0 nitrogen and oxygen atoms in total. The summed E-state index contributed by atoms with van der Waals surface area (Å²) in [5, 5.41) is 0. The van der Waals surface area contributed by atoms with Crippen molar-refractivity contribution in [3.8, 4) is 11.8 Å². The normalized spacial score (nSPS) is 11.7. The highest BCUT2D eigenvalue weighted by atomic mass is 127. The summed E-state index contributed by atoms with van der Waals surface area (Å²) in [6.45, 7) is 11.6. The number of benzene rings is 2. The number of hydrogen-bond donors (Lipinski definition) is 0. The van der Waals surface area contributed by atoms with Crippen molar-refractivity contribution in [2.75, 3.05) is 0 Å². The molecule has 0 unspecified atom stereocenters. The van der Waals surface area contributed by atoms with Gasteiger partial charge in [0.15, 0.2) is 0 Å². The summed E-state index contributed by atoms with van der Waals surface area (Å²) in [6.07, 6.45) is 1.16. The molecule has 0 aliphatic carbocycles. The number of hydrogen-bond acceptors (Lipinski definition) is 0. The van der Waals surface area contributed by atoms with Gasteiger partial charge in [-0.15, -0.1) is 0 Å². The Morgan fingerprint density at radius 3 is 2.00 bits per heavy atom. The fourth-order valence-corrected chi connectivity index (χ4v) is 3.66. The number of halogens is 1. The summed E-state index contributed by atoms with van der Waals surface area (Å²) in [4.78, 5) is 0. The van der Waals surface area contributed by atoms with Gasteiger partial charge in [-0.25, -0.2) is 0 Å². The molecule has 2 rings (SSSR count). The standard InChI is InChI=1S/C22H25I/c1-21(2,3)16-22(4,5)19-14-11-17(12-15-19)10-13-18-8-6-7-9-20(18)23/h6-9,11-12,14-15H,16H2,1-5H3. The summed E-state index contributed by atoms with van der Waals surface area (Å²) in [5.41, 5.74) is 4.04. The van der Waals surface area contributed by atoms with Crippen LogP contribution in [-0.2, 0) is 5.41 Å². The largest absolute Gasteiger partial charge is 0.0616 e. The maximum Gasteiger partial charge on any atom is 0.0382 e. The summed E-state index contributed by atoms with van der Waals surface area (Å²) >= 11 is 2.33. The van der Waals surface area contributed by atoms with E-state index >= 15 is 0 Å². The Kier molecular flexibility index (Phi) is 5.57. The first kappa shape index (κ1) is 18.1. The van der Waals surface area contributed by atoms with Crippen LogP contribution in [0, 0.1) is 20.8 Å². The van der Waals surface area contributed by atoms with Crippen molar-refractivity contribution in [3.05, 3.63) is 68.8 Å². The molecule has 0 atom stereocenters. The molecule has 120 valence electrons. The molecule has 0 fully saturated rings. The zero-order chi connectivity index (χ0) is 17.1. The third kappa shape index (κ3) is 5.39. The Balaban J connectivity index is 2.19. The van der Waals surface area contributed by atoms with E-state index in [9.17, 15) is 0 Å². The summed E-state index contributed by atoms with van der Waals surface area (Å²) in [5.74, 6) is 6.54. The lowest BCUT2D eigenvalue weighted by atomic mass is 9.72. The SMILES string of the molecule is CC(C)(C)CC(C)(C)c1ccc(C#Cc2ccccc2I)cc1. The molecule has 0 saturated heterocycles. The molecule has 0 bridgehead atoms. The minimum Gasteiger partial charge on any atom is -0.0616 e. The van der Waals surface area contributed by atoms with E-state index in [0.29, 0.717) is 5.41 Å². The van der Waals surface area contributed by atoms with Crippen LogP contribution < -0.4 is 0 Å². The first-order valence-electron chi connectivity index (χ1n) is 8.04. The Bertz CT molecular complexity index is 719. The van der Waals surface area contributed by atoms with Crippen LogP contribution in [0.3, 0.4) is 0 Å². The molecule has 2 aromatic carbocycles. The van der Waals surface area contributed by atoms with Crippen molar-refractivity contribution >= 4 is 22.6 Å². The van der Waals surface area contributed by atoms with Gasteiger partial charge in [-0.05, 0) is 69.7 Å². The van der Waals surface area contributed by atoms with Crippen LogP contribution in [-0.4, -0.2) is 0 Å². The zero-order valence-electron chi connectivity index (χ0n) is 14.7. The van der Waals surface area contributed by atoms with Crippen molar-refractivity contribution < 1.29 is 0 Å². The van der Waals surface area contributed by atoms with Gasteiger partial charge in [0.25, 0.3) is 0 Å². The topological polar surface area (TPSA) is 0 Å². The van der Waals surface area contributed by atoms with Crippen molar-refractivity contribution in [2.24, 2.45) is 5.41 Å². The lowest BCUT2D eigenvalue weighted by molar-refractivity contribution is 0.284. The number of rotatable bonds is 2. The van der Waals surface area contributed by atoms with Crippen molar-refractivity contribution in [1.29, 1.82) is 0 Å². The summed E-state index contributed by atoms with van der Waals surface area (Å²) in [6, 6.07) is 17.0. The molecule has 0 aromatic heterocycles. The molecule has 0 saturated carbocycles. The van der Waals surface area contributed by atoms with Gasteiger partial charge in [-0.3, -0.25) is 0 Å². The average molecular weight is 416 g/mol. The van der Waals surface area contributed by atoms with E-state index < -0.39 is 0 Å². The van der Waals surface area contributed by atoms with Crippen LogP contribution in [0.25, 0.3) is 0 Å². The van der Waals surface area contributed by atoms with Crippen LogP contribution in [0.2, 0.25) is 0 Å². The average Bonchev–Trinajstić information content (AvgIpc) is 2.44. The highest BCUT2D eigenvalue weighted by Gasteiger charge is 2.26. The Hall–Kier alpha value is -1.27. The highest BCUT2D eigenvalue weighted by molar-refractivity contribution is 14.1. The van der Waals surface area contributed by atoms with E-state index in [1.165, 1.54) is 9.13 Å². The van der Waals surface area contributed by atoms with E-state index in [4.69, 9.17) is 0 Å². The fraction of sp³-hybridized carbons (Fsp3) is 0.364. The molecule has 0 amide bonds. The molecule has 0 aliphatic heterocycles. The Morgan fingerprint density at radius 2 is 1.43 bits per heavy atom. The van der Waals surface area contributed by atoms with E-state index in [2.05, 4.69) is 105 Å². The first-order valence-corrected chi connectivity index (χ1v) is 9.12. The van der Waals surface area contributed by atoms with Crippen LogP contribution in [0.15, 0.2) is 48.5 Å². The van der Waals surface area contributed by atoms with Crippen molar-refractivity contribution in [2.45, 2.75) is 46.5 Å². The molecule has 0 heterocycles. The molecular weight excluding hydrogens is 391 g/mol. The van der Waals surface area contributed by atoms with Gasteiger partial charge in [0, 0.05) is 14.7 Å². The van der Waals surface area contributed by atoms with Gasteiger partial charge >= 0.3 is 0 Å². The van der Waals surface area contributed by atoms with E-state index in [-0.39, 0.29) is 5.41 Å². The maximum absolute atomic E-state index is 3.27. The van der Waals surface area contributed by atoms with Crippen LogP contribution in [0.4, 0.5) is 0 Å². The zero-order valence-corrected chi connectivity index (χ0v) is 16.9. The smallest absolute Gasteiger partial charge is 0.0382 e. The molecule has 2 aromatic rings. The molecule has 0 N–H and O–H groups in total. The molecule has 0 spiro atoms. The van der Waals surface area contributed by atoms with E-state index in [1.807, 2.05) is 12.1 Å². The van der Waals surface area contributed by atoms with Gasteiger partial charge in [0.05, 0.1) is 0 Å². The third-order valence-electron chi connectivity index (χ3n) is 3.85. The monoisotopic (exact) mass is 416 g/mol. The Labute approximate surface area is 154 Å². The van der Waals surface area contributed by atoms with Crippen molar-refractivity contribution in [3.63, 3.8) is 0 Å². The minimum absolute atomic E-state index is 0.180. The van der Waals surface area contributed by atoms with Crippen molar-refractivity contribution in [1.82, 2.24) is 0 Å².